The Morgan fingerprint density at radius 1 is 1.12 bits per heavy atom. The highest BCUT2D eigenvalue weighted by atomic mass is 16.2. The van der Waals surface area contributed by atoms with Gasteiger partial charge in [-0.25, -0.2) is 4.98 Å². The van der Waals surface area contributed by atoms with Crippen molar-refractivity contribution in [2.75, 3.05) is 5.32 Å². The zero-order chi connectivity index (χ0) is 17.6. The Morgan fingerprint density at radius 2 is 1.88 bits per heavy atom. The summed E-state index contributed by atoms with van der Waals surface area (Å²) in [5, 5.41) is 12.4. The maximum absolute atomic E-state index is 12.2. The molecule has 0 radical (unpaired) electrons. The van der Waals surface area contributed by atoms with Crippen LogP contribution in [0, 0.1) is 6.92 Å². The summed E-state index contributed by atoms with van der Waals surface area (Å²) < 4.78 is 0. The van der Waals surface area contributed by atoms with E-state index < -0.39 is 11.8 Å². The average Bonchev–Trinajstić information content (AvgIpc) is 2.88. The number of aryl methyl sites for hydroxylation is 1. The third-order valence-electron chi connectivity index (χ3n) is 4.37. The summed E-state index contributed by atoms with van der Waals surface area (Å²) >= 11 is 0. The quantitative estimate of drug-likeness (QED) is 0.590. The van der Waals surface area contributed by atoms with E-state index in [1.54, 1.807) is 18.2 Å². The molecule has 2 aromatic rings. The predicted octanol–water partition coefficient (Wildman–Crippen LogP) is 2.56. The minimum absolute atomic E-state index is 0.100. The van der Waals surface area contributed by atoms with Crippen molar-refractivity contribution in [1.29, 1.82) is 0 Å². The van der Waals surface area contributed by atoms with E-state index in [-0.39, 0.29) is 6.04 Å². The molecule has 3 N–H and O–H groups in total. The molecule has 3 rings (SSSR count). The van der Waals surface area contributed by atoms with Gasteiger partial charge in [0.15, 0.2) is 5.82 Å². The number of nitrogens with one attached hydrogen (secondary N) is 3. The molecule has 0 spiro atoms. The summed E-state index contributed by atoms with van der Waals surface area (Å²) in [6.45, 7) is 1.82. The van der Waals surface area contributed by atoms with Crippen LogP contribution >= 0.6 is 0 Å². The molecule has 2 amide bonds. The van der Waals surface area contributed by atoms with Crippen molar-refractivity contribution in [3.63, 3.8) is 0 Å². The first-order valence-electron chi connectivity index (χ1n) is 8.73. The molecule has 1 aliphatic rings. The minimum atomic E-state index is -0.646. The largest absolute Gasteiger partial charge is 0.345 e. The van der Waals surface area contributed by atoms with Gasteiger partial charge in [0.05, 0.1) is 0 Å². The molecule has 1 fully saturated rings. The van der Waals surface area contributed by atoms with E-state index in [9.17, 15) is 9.59 Å². The second-order valence-corrected chi connectivity index (χ2v) is 6.44. The van der Waals surface area contributed by atoms with Gasteiger partial charge in [-0.3, -0.25) is 14.7 Å². The molecule has 0 bridgehead atoms. The van der Waals surface area contributed by atoms with Crippen LogP contribution in [0.1, 0.15) is 44.3 Å². The smallest absolute Gasteiger partial charge is 0.313 e. The number of carbonyl (C=O) groups excluding carboxylic acids is 2. The van der Waals surface area contributed by atoms with Crippen LogP contribution in [-0.4, -0.2) is 33.0 Å². The van der Waals surface area contributed by atoms with Gasteiger partial charge < -0.3 is 10.6 Å². The van der Waals surface area contributed by atoms with Gasteiger partial charge in [0, 0.05) is 17.3 Å². The molecule has 1 heterocycles. The molecular weight excluding hydrogens is 318 g/mol. The van der Waals surface area contributed by atoms with Gasteiger partial charge in [0.25, 0.3) is 0 Å². The normalized spacial score (nSPS) is 15.4. The SMILES string of the molecule is Cc1nc(-c2cccc(NC(=O)C(=O)NC3CCCCCC3)c2)n[nH]1. The number of aromatic nitrogens is 3. The number of hydrogen-bond acceptors (Lipinski definition) is 4. The van der Waals surface area contributed by atoms with Crippen molar-refractivity contribution in [2.45, 2.75) is 51.5 Å². The van der Waals surface area contributed by atoms with E-state index in [4.69, 9.17) is 0 Å². The van der Waals surface area contributed by atoms with Crippen molar-refractivity contribution in [1.82, 2.24) is 20.5 Å². The Balaban J connectivity index is 1.61. The van der Waals surface area contributed by atoms with E-state index in [1.807, 2.05) is 13.0 Å². The maximum Gasteiger partial charge on any atom is 0.313 e. The van der Waals surface area contributed by atoms with E-state index in [0.29, 0.717) is 17.3 Å². The molecule has 1 aliphatic carbocycles. The number of rotatable bonds is 3. The summed E-state index contributed by atoms with van der Waals surface area (Å²) in [6, 6.07) is 7.23. The lowest BCUT2D eigenvalue weighted by Gasteiger charge is -2.15. The molecular formula is C18H23N5O2. The van der Waals surface area contributed by atoms with Gasteiger partial charge in [-0.05, 0) is 31.9 Å². The third-order valence-corrected chi connectivity index (χ3v) is 4.37. The summed E-state index contributed by atoms with van der Waals surface area (Å²) in [7, 11) is 0. The molecule has 0 aliphatic heterocycles. The van der Waals surface area contributed by atoms with Crippen LogP contribution in [0.4, 0.5) is 5.69 Å². The van der Waals surface area contributed by atoms with Crippen molar-refractivity contribution in [3.05, 3.63) is 30.1 Å². The van der Waals surface area contributed by atoms with E-state index in [0.717, 1.165) is 31.2 Å². The molecule has 0 saturated heterocycles. The molecule has 1 aromatic heterocycles. The predicted molar refractivity (Wildman–Crippen MR) is 94.8 cm³/mol. The van der Waals surface area contributed by atoms with Crippen LogP contribution in [0.5, 0.6) is 0 Å². The Hall–Kier alpha value is -2.70. The summed E-state index contributed by atoms with van der Waals surface area (Å²) in [5.41, 5.74) is 1.31. The van der Waals surface area contributed by atoms with Crippen LogP contribution in [0.3, 0.4) is 0 Å². The van der Waals surface area contributed by atoms with Gasteiger partial charge >= 0.3 is 11.8 Å². The van der Waals surface area contributed by atoms with Crippen LogP contribution in [0.15, 0.2) is 24.3 Å². The highest BCUT2D eigenvalue weighted by Crippen LogP contribution is 2.20. The lowest BCUT2D eigenvalue weighted by Crippen LogP contribution is -2.41. The third kappa shape index (κ3) is 4.65. The molecule has 25 heavy (non-hydrogen) atoms. The lowest BCUT2D eigenvalue weighted by molar-refractivity contribution is -0.136. The zero-order valence-electron chi connectivity index (χ0n) is 14.3. The van der Waals surface area contributed by atoms with Crippen molar-refractivity contribution in [3.8, 4) is 11.4 Å². The van der Waals surface area contributed by atoms with Gasteiger partial charge in [0.2, 0.25) is 0 Å². The maximum atomic E-state index is 12.2. The average molecular weight is 341 g/mol. The molecule has 7 nitrogen and oxygen atoms in total. The number of amides is 2. The fourth-order valence-corrected chi connectivity index (χ4v) is 3.07. The number of H-pyrrole nitrogens is 1. The number of hydrogen-bond donors (Lipinski definition) is 3. The molecule has 0 unspecified atom stereocenters. The van der Waals surface area contributed by atoms with Crippen LogP contribution < -0.4 is 10.6 Å². The van der Waals surface area contributed by atoms with E-state index >= 15 is 0 Å². The second-order valence-electron chi connectivity index (χ2n) is 6.44. The first-order valence-corrected chi connectivity index (χ1v) is 8.73. The van der Waals surface area contributed by atoms with Crippen LogP contribution in [0.2, 0.25) is 0 Å². The fourth-order valence-electron chi connectivity index (χ4n) is 3.07. The molecule has 1 saturated carbocycles. The van der Waals surface area contributed by atoms with Crippen LogP contribution in [0.25, 0.3) is 11.4 Å². The summed E-state index contributed by atoms with van der Waals surface area (Å²) in [4.78, 5) is 28.6. The van der Waals surface area contributed by atoms with Gasteiger partial charge in [-0.15, -0.1) is 0 Å². The Labute approximate surface area is 146 Å². The van der Waals surface area contributed by atoms with Crippen LogP contribution in [-0.2, 0) is 9.59 Å². The number of aromatic amines is 1. The van der Waals surface area contributed by atoms with E-state index in [2.05, 4.69) is 25.8 Å². The summed E-state index contributed by atoms with van der Waals surface area (Å²) in [5.74, 6) is 0.0438. The number of carbonyl (C=O) groups is 2. The highest BCUT2D eigenvalue weighted by Gasteiger charge is 2.20. The Kier molecular flexibility index (Phi) is 5.42. The minimum Gasteiger partial charge on any atom is -0.345 e. The van der Waals surface area contributed by atoms with Crippen molar-refractivity contribution < 1.29 is 9.59 Å². The lowest BCUT2D eigenvalue weighted by atomic mass is 10.1. The first-order chi connectivity index (χ1) is 12.1. The first kappa shape index (κ1) is 17.1. The highest BCUT2D eigenvalue weighted by molar-refractivity contribution is 6.39. The number of anilines is 1. The Bertz CT molecular complexity index is 747. The second kappa shape index (κ2) is 7.92. The topological polar surface area (TPSA) is 99.8 Å². The molecule has 0 atom stereocenters. The van der Waals surface area contributed by atoms with E-state index in [1.165, 1.54) is 12.8 Å². The van der Waals surface area contributed by atoms with Crippen molar-refractivity contribution >= 4 is 17.5 Å². The molecule has 7 heteroatoms. The van der Waals surface area contributed by atoms with Crippen molar-refractivity contribution in [2.24, 2.45) is 0 Å². The van der Waals surface area contributed by atoms with Gasteiger partial charge in [-0.1, -0.05) is 37.8 Å². The molecule has 1 aromatic carbocycles. The zero-order valence-corrected chi connectivity index (χ0v) is 14.3. The fraction of sp³-hybridized carbons (Fsp3) is 0.444. The number of nitrogens with zero attached hydrogens (tertiary/aromatic N) is 2. The standard InChI is InChI=1S/C18H23N5O2/c1-12-19-16(23-22-12)13-7-6-10-15(11-13)21-18(25)17(24)20-14-8-4-2-3-5-9-14/h6-7,10-11,14H,2-5,8-9H2,1H3,(H,20,24)(H,21,25)(H,19,22,23). The Morgan fingerprint density at radius 3 is 2.56 bits per heavy atom. The number of benzene rings is 1. The molecule has 132 valence electrons. The van der Waals surface area contributed by atoms with Gasteiger partial charge in [-0.2, -0.15) is 5.10 Å². The van der Waals surface area contributed by atoms with Gasteiger partial charge in [0.1, 0.15) is 5.82 Å². The monoisotopic (exact) mass is 341 g/mol. The summed E-state index contributed by atoms with van der Waals surface area (Å²) in [6.07, 6.45) is 6.49.